The molecule has 0 fully saturated rings. The first-order chi connectivity index (χ1) is 12.4. The molecule has 134 valence electrons. The third kappa shape index (κ3) is 4.00. The standard InChI is InChI=1S/C18H16ClFN4O2/c1-11-15(12(2)26-23-11)10-24-9-13(8-21-24)22-18(25)7-6-14-16(19)4-3-5-17(14)20/h3-9H,10H2,1-2H3,(H,22,25). The van der Waals surface area contributed by atoms with Gasteiger partial charge in [0.15, 0.2) is 0 Å². The van der Waals surface area contributed by atoms with Crippen LogP contribution in [0.1, 0.15) is 22.6 Å². The molecule has 8 heteroatoms. The molecule has 1 N–H and O–H groups in total. The van der Waals surface area contributed by atoms with Crippen LogP contribution in [-0.4, -0.2) is 20.8 Å². The first-order valence-corrected chi connectivity index (χ1v) is 8.19. The molecule has 6 nitrogen and oxygen atoms in total. The van der Waals surface area contributed by atoms with Crippen molar-refractivity contribution in [2.24, 2.45) is 0 Å². The summed E-state index contributed by atoms with van der Waals surface area (Å²) < 4.78 is 20.5. The highest BCUT2D eigenvalue weighted by atomic mass is 35.5. The van der Waals surface area contributed by atoms with Gasteiger partial charge >= 0.3 is 0 Å². The predicted molar refractivity (Wildman–Crippen MR) is 96.4 cm³/mol. The molecule has 0 unspecified atom stereocenters. The van der Waals surface area contributed by atoms with Crippen molar-refractivity contribution in [3.8, 4) is 0 Å². The van der Waals surface area contributed by atoms with E-state index in [1.807, 2.05) is 13.8 Å². The Morgan fingerprint density at radius 1 is 1.42 bits per heavy atom. The van der Waals surface area contributed by atoms with Crippen LogP contribution in [0.5, 0.6) is 0 Å². The number of aryl methyl sites for hydroxylation is 2. The number of carbonyl (C=O) groups excluding carboxylic acids is 1. The Balaban J connectivity index is 1.65. The van der Waals surface area contributed by atoms with Gasteiger partial charge in [-0.1, -0.05) is 22.8 Å². The smallest absolute Gasteiger partial charge is 0.248 e. The molecule has 1 amide bonds. The molecule has 0 saturated carbocycles. The van der Waals surface area contributed by atoms with Gasteiger partial charge in [-0.15, -0.1) is 0 Å². The fourth-order valence-electron chi connectivity index (χ4n) is 2.42. The van der Waals surface area contributed by atoms with Crippen LogP contribution in [0.2, 0.25) is 5.02 Å². The van der Waals surface area contributed by atoms with E-state index >= 15 is 0 Å². The van der Waals surface area contributed by atoms with Gasteiger partial charge in [0, 0.05) is 23.4 Å². The number of nitrogens with one attached hydrogen (secondary N) is 1. The summed E-state index contributed by atoms with van der Waals surface area (Å²) in [4.78, 5) is 12.0. The summed E-state index contributed by atoms with van der Waals surface area (Å²) in [6.45, 7) is 4.18. The predicted octanol–water partition coefficient (Wildman–Crippen LogP) is 3.98. The van der Waals surface area contributed by atoms with Crippen molar-refractivity contribution < 1.29 is 13.7 Å². The maximum absolute atomic E-state index is 13.7. The number of halogens is 2. The van der Waals surface area contributed by atoms with Gasteiger partial charge in [0.2, 0.25) is 5.91 Å². The Labute approximate surface area is 154 Å². The number of benzene rings is 1. The number of anilines is 1. The van der Waals surface area contributed by atoms with Gasteiger partial charge in [-0.05, 0) is 32.1 Å². The van der Waals surface area contributed by atoms with Gasteiger partial charge in [0.1, 0.15) is 11.6 Å². The van der Waals surface area contributed by atoms with Crippen molar-refractivity contribution in [2.45, 2.75) is 20.4 Å². The molecule has 0 aliphatic heterocycles. The van der Waals surface area contributed by atoms with Gasteiger partial charge in [-0.25, -0.2) is 4.39 Å². The molecular formula is C18H16ClFN4O2. The van der Waals surface area contributed by atoms with Crippen molar-refractivity contribution in [1.82, 2.24) is 14.9 Å². The van der Waals surface area contributed by atoms with Crippen LogP contribution in [0.15, 0.2) is 41.2 Å². The Morgan fingerprint density at radius 2 is 2.23 bits per heavy atom. The van der Waals surface area contributed by atoms with Crippen LogP contribution < -0.4 is 5.32 Å². The Hall–Kier alpha value is -2.93. The van der Waals surface area contributed by atoms with E-state index < -0.39 is 11.7 Å². The Morgan fingerprint density at radius 3 is 2.92 bits per heavy atom. The molecule has 26 heavy (non-hydrogen) atoms. The van der Waals surface area contributed by atoms with Crippen molar-refractivity contribution >= 4 is 29.3 Å². The number of nitrogens with zero attached hydrogens (tertiary/aromatic N) is 3. The minimum Gasteiger partial charge on any atom is -0.361 e. The normalized spacial score (nSPS) is 11.2. The van der Waals surface area contributed by atoms with Crippen molar-refractivity contribution in [3.05, 3.63) is 70.1 Å². The third-order valence-electron chi connectivity index (χ3n) is 3.80. The van der Waals surface area contributed by atoms with Crippen LogP contribution in [0.25, 0.3) is 6.08 Å². The zero-order chi connectivity index (χ0) is 18.7. The summed E-state index contributed by atoms with van der Waals surface area (Å²) in [5, 5.41) is 11.0. The van der Waals surface area contributed by atoms with Crippen molar-refractivity contribution in [3.63, 3.8) is 0 Å². The summed E-state index contributed by atoms with van der Waals surface area (Å²) in [5.41, 5.74) is 2.43. The van der Waals surface area contributed by atoms with Crippen LogP contribution in [0.4, 0.5) is 10.1 Å². The van der Waals surface area contributed by atoms with Crippen LogP contribution in [0, 0.1) is 19.7 Å². The molecule has 3 aromatic rings. The number of hydrogen-bond acceptors (Lipinski definition) is 4. The molecule has 2 aromatic heterocycles. The number of carbonyl (C=O) groups is 1. The van der Waals surface area contributed by atoms with Gasteiger partial charge in [0.05, 0.1) is 29.1 Å². The van der Waals surface area contributed by atoms with Gasteiger partial charge in [-0.3, -0.25) is 9.48 Å². The highest BCUT2D eigenvalue weighted by Crippen LogP contribution is 2.20. The lowest BCUT2D eigenvalue weighted by molar-refractivity contribution is -0.111. The first kappa shape index (κ1) is 17.9. The number of aromatic nitrogens is 3. The van der Waals surface area contributed by atoms with Crippen LogP contribution in [0.3, 0.4) is 0 Å². The molecule has 2 heterocycles. The molecule has 0 radical (unpaired) electrons. The molecule has 0 spiro atoms. The van der Waals surface area contributed by atoms with Crippen molar-refractivity contribution in [2.75, 3.05) is 5.32 Å². The minimum absolute atomic E-state index is 0.165. The second-order valence-corrected chi connectivity index (χ2v) is 6.09. The zero-order valence-electron chi connectivity index (χ0n) is 14.2. The maximum Gasteiger partial charge on any atom is 0.248 e. The molecule has 0 atom stereocenters. The van der Waals surface area contributed by atoms with Gasteiger partial charge in [-0.2, -0.15) is 5.10 Å². The van der Waals surface area contributed by atoms with Crippen LogP contribution >= 0.6 is 11.6 Å². The highest BCUT2D eigenvalue weighted by Gasteiger charge is 2.11. The van der Waals surface area contributed by atoms with E-state index in [2.05, 4.69) is 15.6 Å². The third-order valence-corrected chi connectivity index (χ3v) is 4.13. The number of rotatable bonds is 5. The molecule has 0 aliphatic rings. The minimum atomic E-state index is -0.492. The van der Waals surface area contributed by atoms with E-state index in [0.29, 0.717) is 12.2 Å². The molecule has 0 aliphatic carbocycles. The average Bonchev–Trinajstić information content (AvgIpc) is 3.16. The summed E-state index contributed by atoms with van der Waals surface area (Å²) in [7, 11) is 0. The van der Waals surface area contributed by atoms with E-state index in [-0.39, 0.29) is 10.6 Å². The fourth-order valence-corrected chi connectivity index (χ4v) is 2.64. The van der Waals surface area contributed by atoms with E-state index in [9.17, 15) is 9.18 Å². The summed E-state index contributed by atoms with van der Waals surface area (Å²) in [6.07, 6.45) is 5.77. The monoisotopic (exact) mass is 374 g/mol. The Bertz CT molecular complexity index is 938. The number of amides is 1. The van der Waals surface area contributed by atoms with Crippen LogP contribution in [-0.2, 0) is 11.3 Å². The molecule has 0 bridgehead atoms. The van der Waals surface area contributed by atoms with Gasteiger partial charge in [0.25, 0.3) is 0 Å². The topological polar surface area (TPSA) is 73.0 Å². The first-order valence-electron chi connectivity index (χ1n) is 7.81. The number of hydrogen-bond donors (Lipinski definition) is 1. The van der Waals surface area contributed by atoms with E-state index in [1.165, 1.54) is 30.5 Å². The fraction of sp³-hybridized carbons (Fsp3) is 0.167. The lowest BCUT2D eigenvalue weighted by Crippen LogP contribution is -2.07. The SMILES string of the molecule is Cc1noc(C)c1Cn1cc(NC(=O)C=Cc2c(F)cccc2Cl)cn1. The summed E-state index contributed by atoms with van der Waals surface area (Å²) in [5.74, 6) is -0.177. The summed E-state index contributed by atoms with van der Waals surface area (Å²) >= 11 is 5.92. The summed E-state index contributed by atoms with van der Waals surface area (Å²) in [6, 6.07) is 4.34. The molecule has 0 saturated heterocycles. The van der Waals surface area contributed by atoms with E-state index in [4.69, 9.17) is 16.1 Å². The lowest BCUT2D eigenvalue weighted by Gasteiger charge is -2.01. The largest absolute Gasteiger partial charge is 0.361 e. The highest BCUT2D eigenvalue weighted by molar-refractivity contribution is 6.32. The second-order valence-electron chi connectivity index (χ2n) is 5.69. The van der Waals surface area contributed by atoms with E-state index in [1.54, 1.807) is 16.9 Å². The lowest BCUT2D eigenvalue weighted by atomic mass is 10.2. The molecule has 1 aromatic carbocycles. The van der Waals surface area contributed by atoms with Gasteiger partial charge < -0.3 is 9.84 Å². The quantitative estimate of drug-likeness (QED) is 0.685. The second kappa shape index (κ2) is 7.53. The van der Waals surface area contributed by atoms with Crippen molar-refractivity contribution in [1.29, 1.82) is 0 Å². The molecule has 3 rings (SSSR count). The average molecular weight is 375 g/mol. The zero-order valence-corrected chi connectivity index (χ0v) is 14.9. The Kier molecular flexibility index (Phi) is 5.18. The molecular weight excluding hydrogens is 359 g/mol. The maximum atomic E-state index is 13.7. The van der Waals surface area contributed by atoms with E-state index in [0.717, 1.165) is 17.0 Å².